The summed E-state index contributed by atoms with van der Waals surface area (Å²) in [7, 11) is 0. The van der Waals surface area contributed by atoms with E-state index in [4.69, 9.17) is 0 Å². The van der Waals surface area contributed by atoms with Crippen molar-refractivity contribution in [3.05, 3.63) is 53.1 Å². The van der Waals surface area contributed by atoms with Crippen molar-refractivity contribution in [1.29, 1.82) is 0 Å². The first-order valence-electron chi connectivity index (χ1n) is 7.83. The quantitative estimate of drug-likeness (QED) is 0.791. The first-order chi connectivity index (χ1) is 10.1. The molecule has 0 amide bonds. The first kappa shape index (κ1) is 15.8. The van der Waals surface area contributed by atoms with Gasteiger partial charge in [0.25, 0.3) is 0 Å². The third kappa shape index (κ3) is 4.71. The number of nitrogens with zero attached hydrogens (tertiary/aromatic N) is 2. The maximum atomic E-state index is 4.35. The van der Waals surface area contributed by atoms with Gasteiger partial charge < -0.3 is 9.88 Å². The molecule has 1 N–H and O–H groups in total. The fourth-order valence-electron chi connectivity index (χ4n) is 2.34. The number of hydrogen-bond donors (Lipinski definition) is 1. The molecule has 0 bridgehead atoms. The summed E-state index contributed by atoms with van der Waals surface area (Å²) in [5.41, 5.74) is 5.09. The fourth-order valence-corrected chi connectivity index (χ4v) is 2.34. The lowest BCUT2D eigenvalue weighted by Crippen LogP contribution is -2.22. The van der Waals surface area contributed by atoms with Crippen LogP contribution < -0.4 is 5.32 Å². The fraction of sp³-hybridized carbons (Fsp3) is 0.500. The summed E-state index contributed by atoms with van der Waals surface area (Å²) in [5, 5.41) is 3.49. The summed E-state index contributed by atoms with van der Waals surface area (Å²) in [5.74, 6) is 0.717. The Hall–Kier alpha value is -1.61. The molecule has 0 unspecified atom stereocenters. The van der Waals surface area contributed by atoms with E-state index in [1.807, 2.05) is 6.33 Å². The summed E-state index contributed by atoms with van der Waals surface area (Å²) < 4.78 is 2.20. The van der Waals surface area contributed by atoms with Gasteiger partial charge in [0.1, 0.15) is 0 Å². The molecule has 0 saturated heterocycles. The van der Waals surface area contributed by atoms with E-state index in [1.165, 1.54) is 16.8 Å². The number of aryl methyl sites for hydroxylation is 1. The van der Waals surface area contributed by atoms with Crippen LogP contribution in [0.4, 0.5) is 0 Å². The van der Waals surface area contributed by atoms with Crippen LogP contribution >= 0.6 is 0 Å². The summed E-state index contributed by atoms with van der Waals surface area (Å²) in [6, 6.07) is 8.94. The highest BCUT2D eigenvalue weighted by Gasteiger charge is 2.03. The lowest BCUT2D eigenvalue weighted by atomic mass is 10.1. The van der Waals surface area contributed by atoms with Crippen molar-refractivity contribution in [1.82, 2.24) is 14.9 Å². The minimum atomic E-state index is 0.717. The third-order valence-electron chi connectivity index (χ3n) is 3.86. The average molecular weight is 285 g/mol. The highest BCUT2D eigenvalue weighted by molar-refractivity contribution is 5.24. The van der Waals surface area contributed by atoms with Crippen molar-refractivity contribution in [3.63, 3.8) is 0 Å². The van der Waals surface area contributed by atoms with E-state index in [0.29, 0.717) is 5.92 Å². The summed E-state index contributed by atoms with van der Waals surface area (Å²) in [6.07, 6.45) is 3.02. The third-order valence-corrected chi connectivity index (χ3v) is 3.86. The molecule has 0 fully saturated rings. The highest BCUT2D eigenvalue weighted by atomic mass is 15.0. The predicted molar refractivity (Wildman–Crippen MR) is 88.7 cm³/mol. The Bertz CT molecular complexity index is 552. The first-order valence-corrected chi connectivity index (χ1v) is 7.83. The lowest BCUT2D eigenvalue weighted by molar-refractivity contribution is 0.554. The zero-order chi connectivity index (χ0) is 15.2. The highest BCUT2D eigenvalue weighted by Crippen LogP contribution is 2.10. The molecule has 1 aromatic heterocycles. The van der Waals surface area contributed by atoms with Gasteiger partial charge in [-0.3, -0.25) is 0 Å². The second kappa shape index (κ2) is 7.41. The van der Waals surface area contributed by atoms with Crippen molar-refractivity contribution in [2.24, 2.45) is 5.92 Å². The molecule has 0 atom stereocenters. The van der Waals surface area contributed by atoms with E-state index in [2.05, 4.69) is 66.8 Å². The number of aromatic nitrogens is 2. The number of rotatable bonds is 7. The SMILES string of the molecule is Cc1ncn(Cc2ccc(CCNCC(C)C)cc2)c1C. The van der Waals surface area contributed by atoms with Gasteiger partial charge in [-0.05, 0) is 50.4 Å². The lowest BCUT2D eigenvalue weighted by Gasteiger charge is -2.09. The number of hydrogen-bond acceptors (Lipinski definition) is 2. The Morgan fingerprint density at radius 2 is 1.76 bits per heavy atom. The van der Waals surface area contributed by atoms with Crippen LogP contribution in [-0.2, 0) is 13.0 Å². The van der Waals surface area contributed by atoms with E-state index in [1.54, 1.807) is 0 Å². The van der Waals surface area contributed by atoms with Gasteiger partial charge in [-0.2, -0.15) is 0 Å². The second-order valence-electron chi connectivity index (χ2n) is 6.21. The molecule has 2 rings (SSSR count). The second-order valence-corrected chi connectivity index (χ2v) is 6.21. The molecular formula is C18H27N3. The molecule has 0 spiro atoms. The summed E-state index contributed by atoms with van der Waals surface area (Å²) >= 11 is 0. The molecule has 3 nitrogen and oxygen atoms in total. The van der Waals surface area contributed by atoms with Crippen LogP contribution in [0, 0.1) is 19.8 Å². The number of benzene rings is 1. The van der Waals surface area contributed by atoms with Crippen LogP contribution in [0.5, 0.6) is 0 Å². The molecule has 3 heteroatoms. The van der Waals surface area contributed by atoms with E-state index in [9.17, 15) is 0 Å². The monoisotopic (exact) mass is 285 g/mol. The molecule has 0 aliphatic rings. The molecule has 114 valence electrons. The molecule has 0 radical (unpaired) electrons. The van der Waals surface area contributed by atoms with Gasteiger partial charge in [-0.15, -0.1) is 0 Å². The molecular weight excluding hydrogens is 258 g/mol. The van der Waals surface area contributed by atoms with Crippen molar-refractivity contribution < 1.29 is 0 Å². The van der Waals surface area contributed by atoms with E-state index in [-0.39, 0.29) is 0 Å². The van der Waals surface area contributed by atoms with Gasteiger partial charge in [0, 0.05) is 12.2 Å². The zero-order valence-corrected chi connectivity index (χ0v) is 13.7. The van der Waals surface area contributed by atoms with Gasteiger partial charge in [-0.25, -0.2) is 4.98 Å². The molecule has 2 aromatic rings. The van der Waals surface area contributed by atoms with E-state index < -0.39 is 0 Å². The van der Waals surface area contributed by atoms with Crippen LogP contribution in [-0.4, -0.2) is 22.6 Å². The predicted octanol–water partition coefficient (Wildman–Crippen LogP) is 3.34. The maximum absolute atomic E-state index is 4.35. The summed E-state index contributed by atoms with van der Waals surface area (Å²) in [4.78, 5) is 4.35. The maximum Gasteiger partial charge on any atom is 0.0954 e. The van der Waals surface area contributed by atoms with Gasteiger partial charge in [0.15, 0.2) is 0 Å². The van der Waals surface area contributed by atoms with Crippen LogP contribution in [0.3, 0.4) is 0 Å². The van der Waals surface area contributed by atoms with Crippen molar-refractivity contribution in [2.75, 3.05) is 13.1 Å². The Labute approximate surface area is 128 Å². The normalized spacial score (nSPS) is 11.3. The molecule has 1 heterocycles. The molecule has 21 heavy (non-hydrogen) atoms. The van der Waals surface area contributed by atoms with Crippen LogP contribution in [0.15, 0.2) is 30.6 Å². The average Bonchev–Trinajstić information content (AvgIpc) is 2.77. The number of imidazole rings is 1. The Morgan fingerprint density at radius 3 is 2.33 bits per heavy atom. The Balaban J connectivity index is 1.86. The Morgan fingerprint density at radius 1 is 1.10 bits per heavy atom. The van der Waals surface area contributed by atoms with E-state index in [0.717, 1.165) is 31.7 Å². The van der Waals surface area contributed by atoms with Gasteiger partial charge in [-0.1, -0.05) is 38.1 Å². The van der Waals surface area contributed by atoms with Crippen LogP contribution in [0.1, 0.15) is 36.4 Å². The largest absolute Gasteiger partial charge is 0.330 e. The van der Waals surface area contributed by atoms with Crippen LogP contribution in [0.25, 0.3) is 0 Å². The Kier molecular flexibility index (Phi) is 5.57. The van der Waals surface area contributed by atoms with Crippen LogP contribution in [0.2, 0.25) is 0 Å². The standard InChI is InChI=1S/C18H27N3/c1-14(2)11-19-10-9-17-5-7-18(8-6-17)12-21-13-20-15(3)16(21)4/h5-8,13-14,19H,9-12H2,1-4H3. The minimum absolute atomic E-state index is 0.717. The molecule has 0 aliphatic heterocycles. The molecule has 0 aliphatic carbocycles. The summed E-state index contributed by atoms with van der Waals surface area (Å²) in [6.45, 7) is 11.7. The zero-order valence-electron chi connectivity index (χ0n) is 13.7. The topological polar surface area (TPSA) is 29.9 Å². The van der Waals surface area contributed by atoms with Gasteiger partial charge in [0.05, 0.1) is 12.0 Å². The van der Waals surface area contributed by atoms with Crippen molar-refractivity contribution >= 4 is 0 Å². The minimum Gasteiger partial charge on any atom is -0.330 e. The number of nitrogens with one attached hydrogen (secondary N) is 1. The van der Waals surface area contributed by atoms with E-state index >= 15 is 0 Å². The van der Waals surface area contributed by atoms with Gasteiger partial charge in [0.2, 0.25) is 0 Å². The molecule has 1 aromatic carbocycles. The van der Waals surface area contributed by atoms with Crippen molar-refractivity contribution in [3.8, 4) is 0 Å². The van der Waals surface area contributed by atoms with Gasteiger partial charge >= 0.3 is 0 Å². The smallest absolute Gasteiger partial charge is 0.0954 e. The van der Waals surface area contributed by atoms with Crippen molar-refractivity contribution in [2.45, 2.75) is 40.7 Å². The molecule has 0 saturated carbocycles.